The summed E-state index contributed by atoms with van der Waals surface area (Å²) >= 11 is 0. The number of nitrogens with zero attached hydrogens (tertiary/aromatic N) is 1. The van der Waals surface area contributed by atoms with E-state index in [0.717, 1.165) is 5.39 Å². The molecule has 1 aromatic carbocycles. The Balaban J connectivity index is 3.03. The smallest absolute Gasteiger partial charge is 0.313 e. The van der Waals surface area contributed by atoms with Crippen molar-refractivity contribution in [2.24, 2.45) is 0 Å². The lowest BCUT2D eigenvalue weighted by Crippen LogP contribution is -1.99. The summed E-state index contributed by atoms with van der Waals surface area (Å²) in [6.07, 6.45) is 1.52. The Bertz CT molecular complexity index is 428. The van der Waals surface area contributed by atoms with Gasteiger partial charge in [0.25, 0.3) is 0 Å². The van der Waals surface area contributed by atoms with Crippen LogP contribution in [-0.4, -0.2) is 5.16 Å². The molecule has 0 fully saturated rings. The van der Waals surface area contributed by atoms with Crippen LogP contribution in [0.5, 0.6) is 0 Å². The van der Waals surface area contributed by atoms with E-state index in [0.29, 0.717) is 5.39 Å². The molecule has 1 heterocycles. The van der Waals surface area contributed by atoms with Gasteiger partial charge >= 0.3 is 5.63 Å². The van der Waals surface area contributed by atoms with E-state index in [1.807, 2.05) is 12.1 Å². The van der Waals surface area contributed by atoms with Crippen molar-refractivity contribution in [1.29, 1.82) is 0 Å². The first-order chi connectivity index (χ1) is 5.38. The van der Waals surface area contributed by atoms with Crippen molar-refractivity contribution in [3.8, 4) is 0 Å². The molecule has 0 saturated carbocycles. The van der Waals surface area contributed by atoms with Crippen molar-refractivity contribution in [3.05, 3.63) is 40.9 Å². The molecule has 0 aliphatic rings. The summed E-state index contributed by atoms with van der Waals surface area (Å²) in [6.45, 7) is 0. The first-order valence-electron chi connectivity index (χ1n) is 3.22. The van der Waals surface area contributed by atoms with Gasteiger partial charge in [0.05, 0.1) is 11.6 Å². The lowest BCUT2D eigenvalue weighted by Gasteiger charge is -1.89. The summed E-state index contributed by atoms with van der Waals surface area (Å²) in [4.78, 5) is 10.9. The molecule has 0 atom stereocenters. The van der Waals surface area contributed by atoms with Gasteiger partial charge in [-0.05, 0) is 6.07 Å². The molecule has 2 rings (SSSR count). The van der Waals surface area contributed by atoms with E-state index in [2.05, 4.69) is 9.68 Å². The molecule has 0 aliphatic carbocycles. The van der Waals surface area contributed by atoms with Gasteiger partial charge in [0.1, 0.15) is 0 Å². The third-order valence-corrected chi connectivity index (χ3v) is 1.51. The van der Waals surface area contributed by atoms with E-state index < -0.39 is 0 Å². The molecule has 0 unspecified atom stereocenters. The molecule has 0 N–H and O–H groups in total. The Morgan fingerprint density at radius 1 is 1.27 bits per heavy atom. The highest BCUT2D eigenvalue weighted by Gasteiger charge is 1.96. The normalized spacial score (nSPS) is 10.2. The standard InChI is InChI=1S/C8H5NO2/c10-8-7-4-2-1-3-6(7)5-9-11-8/h1-5H. The van der Waals surface area contributed by atoms with Crippen LogP contribution in [0.2, 0.25) is 0 Å². The van der Waals surface area contributed by atoms with E-state index in [4.69, 9.17) is 0 Å². The van der Waals surface area contributed by atoms with Gasteiger partial charge in [-0.2, -0.15) is 0 Å². The Labute approximate surface area is 62.3 Å². The van der Waals surface area contributed by atoms with Crippen LogP contribution in [0.3, 0.4) is 0 Å². The maximum atomic E-state index is 10.9. The maximum absolute atomic E-state index is 10.9. The zero-order valence-corrected chi connectivity index (χ0v) is 5.65. The van der Waals surface area contributed by atoms with E-state index in [1.165, 1.54) is 6.20 Å². The average Bonchev–Trinajstić information content (AvgIpc) is 2.06. The summed E-state index contributed by atoms with van der Waals surface area (Å²) in [5.74, 6) is 0. The van der Waals surface area contributed by atoms with Crippen molar-refractivity contribution in [2.45, 2.75) is 0 Å². The fourth-order valence-corrected chi connectivity index (χ4v) is 0.976. The summed E-state index contributed by atoms with van der Waals surface area (Å²) in [6, 6.07) is 7.17. The second-order valence-electron chi connectivity index (χ2n) is 2.20. The van der Waals surface area contributed by atoms with Gasteiger partial charge in [-0.25, -0.2) is 4.79 Å². The van der Waals surface area contributed by atoms with Crippen LogP contribution in [0, 0.1) is 0 Å². The molecule has 0 bridgehead atoms. The summed E-state index contributed by atoms with van der Waals surface area (Å²) in [5, 5.41) is 4.81. The van der Waals surface area contributed by atoms with E-state index in [-0.39, 0.29) is 5.63 Å². The fraction of sp³-hybridized carbons (Fsp3) is 0. The predicted octanol–water partition coefficient (Wildman–Crippen LogP) is 1.19. The van der Waals surface area contributed by atoms with Gasteiger partial charge in [0.15, 0.2) is 0 Å². The topological polar surface area (TPSA) is 43.1 Å². The molecule has 0 radical (unpaired) electrons. The predicted molar refractivity (Wildman–Crippen MR) is 40.3 cm³/mol. The Hall–Kier alpha value is -1.64. The minimum Gasteiger partial charge on any atom is -0.313 e. The fourth-order valence-electron chi connectivity index (χ4n) is 0.976. The van der Waals surface area contributed by atoms with Crippen LogP contribution in [0.1, 0.15) is 0 Å². The number of benzene rings is 1. The van der Waals surface area contributed by atoms with Gasteiger partial charge in [-0.3, -0.25) is 0 Å². The number of aromatic nitrogens is 1. The lowest BCUT2D eigenvalue weighted by molar-refractivity contribution is 0.377. The monoisotopic (exact) mass is 147 g/mol. The van der Waals surface area contributed by atoms with Gasteiger partial charge in [0, 0.05) is 5.39 Å². The van der Waals surface area contributed by atoms with Gasteiger partial charge < -0.3 is 4.52 Å². The molecule has 54 valence electrons. The van der Waals surface area contributed by atoms with Crippen LogP contribution < -0.4 is 5.63 Å². The Morgan fingerprint density at radius 2 is 2.09 bits per heavy atom. The molecule has 3 heteroatoms. The summed E-state index contributed by atoms with van der Waals surface area (Å²) < 4.78 is 4.43. The lowest BCUT2D eigenvalue weighted by atomic mass is 10.2. The van der Waals surface area contributed by atoms with E-state index in [9.17, 15) is 4.79 Å². The number of rotatable bonds is 0. The van der Waals surface area contributed by atoms with Crippen molar-refractivity contribution in [1.82, 2.24) is 5.16 Å². The Morgan fingerprint density at radius 3 is 2.91 bits per heavy atom. The minimum absolute atomic E-state index is 0.386. The molecule has 3 nitrogen and oxygen atoms in total. The van der Waals surface area contributed by atoms with Crippen LogP contribution in [0.25, 0.3) is 10.8 Å². The zero-order valence-electron chi connectivity index (χ0n) is 5.65. The Kier molecular flexibility index (Phi) is 1.22. The molecular formula is C8H5NO2. The molecule has 0 amide bonds. The van der Waals surface area contributed by atoms with Crippen LogP contribution in [0.4, 0.5) is 0 Å². The van der Waals surface area contributed by atoms with Crippen molar-refractivity contribution in [2.75, 3.05) is 0 Å². The second kappa shape index (κ2) is 2.20. The number of hydrogen-bond donors (Lipinski definition) is 0. The van der Waals surface area contributed by atoms with Crippen molar-refractivity contribution < 1.29 is 4.52 Å². The molecular weight excluding hydrogens is 142 g/mol. The quantitative estimate of drug-likeness (QED) is 0.562. The molecule has 0 saturated heterocycles. The van der Waals surface area contributed by atoms with Crippen LogP contribution in [-0.2, 0) is 0 Å². The first-order valence-corrected chi connectivity index (χ1v) is 3.22. The highest BCUT2D eigenvalue weighted by molar-refractivity contribution is 5.79. The van der Waals surface area contributed by atoms with Gasteiger partial charge in [0.2, 0.25) is 0 Å². The highest BCUT2D eigenvalue weighted by Crippen LogP contribution is 2.05. The largest absolute Gasteiger partial charge is 0.366 e. The van der Waals surface area contributed by atoms with E-state index >= 15 is 0 Å². The third kappa shape index (κ3) is 0.902. The van der Waals surface area contributed by atoms with E-state index in [1.54, 1.807) is 12.1 Å². The first kappa shape index (κ1) is 6.09. The molecule has 2 aromatic rings. The zero-order chi connectivity index (χ0) is 7.68. The van der Waals surface area contributed by atoms with Crippen molar-refractivity contribution in [3.63, 3.8) is 0 Å². The van der Waals surface area contributed by atoms with Crippen molar-refractivity contribution >= 4 is 10.8 Å². The average molecular weight is 147 g/mol. The van der Waals surface area contributed by atoms with Crippen LogP contribution >= 0.6 is 0 Å². The van der Waals surface area contributed by atoms with Gasteiger partial charge in [-0.1, -0.05) is 23.4 Å². The second-order valence-corrected chi connectivity index (χ2v) is 2.20. The van der Waals surface area contributed by atoms with Gasteiger partial charge in [-0.15, -0.1) is 0 Å². The highest BCUT2D eigenvalue weighted by atomic mass is 16.5. The molecule has 0 spiro atoms. The molecule has 11 heavy (non-hydrogen) atoms. The maximum Gasteiger partial charge on any atom is 0.366 e. The number of fused-ring (bicyclic) bond motifs is 1. The molecule has 1 aromatic heterocycles. The molecule has 0 aliphatic heterocycles. The minimum atomic E-state index is -0.386. The third-order valence-electron chi connectivity index (χ3n) is 1.51. The summed E-state index contributed by atoms with van der Waals surface area (Å²) in [5.41, 5.74) is -0.386. The SMILES string of the molecule is O=c1oncc2ccccc12. The van der Waals surface area contributed by atoms with Crippen LogP contribution in [0.15, 0.2) is 39.8 Å². The summed E-state index contributed by atoms with van der Waals surface area (Å²) in [7, 11) is 0. The number of hydrogen-bond acceptors (Lipinski definition) is 3.